The van der Waals surface area contributed by atoms with Gasteiger partial charge in [-0.3, -0.25) is 0 Å². The van der Waals surface area contributed by atoms with Crippen LogP contribution in [0.1, 0.15) is 22.3 Å². The molecule has 0 aliphatic heterocycles. The zero-order valence-electron chi connectivity index (χ0n) is 28.2. The van der Waals surface area contributed by atoms with Crippen molar-refractivity contribution in [3.05, 3.63) is 235 Å². The average Bonchev–Trinajstić information content (AvgIpc) is 3.54. The van der Waals surface area contributed by atoms with E-state index in [9.17, 15) is 0 Å². The summed E-state index contributed by atoms with van der Waals surface area (Å²) in [5.41, 5.74) is 12.5. The summed E-state index contributed by atoms with van der Waals surface area (Å²) in [5.74, 6) is 0. The van der Waals surface area contributed by atoms with Crippen molar-refractivity contribution in [3.8, 4) is 16.8 Å². The zero-order valence-corrected chi connectivity index (χ0v) is 28.2. The maximum Gasteiger partial charge on any atom is 0.0701 e. The van der Waals surface area contributed by atoms with Crippen LogP contribution in [0, 0.1) is 0 Å². The quantitative estimate of drug-likeness (QED) is 0.162. The molecule has 8 aromatic carbocycles. The van der Waals surface area contributed by atoms with E-state index in [0.29, 0.717) is 0 Å². The Kier molecular flexibility index (Phi) is 7.75. The Labute approximate surface area is 298 Å². The molecule has 0 aliphatic rings. The highest BCUT2D eigenvalue weighted by atomic mass is 15.0. The van der Waals surface area contributed by atoms with Gasteiger partial charge in [0.15, 0.2) is 0 Å². The molecule has 0 unspecified atom stereocenters. The molecule has 0 amide bonds. The number of para-hydroxylation sites is 2. The molecule has 9 rings (SSSR count). The maximum absolute atomic E-state index is 3.70. The van der Waals surface area contributed by atoms with E-state index in [0.717, 1.165) is 11.4 Å². The van der Waals surface area contributed by atoms with Crippen LogP contribution in [-0.4, -0.2) is 4.57 Å². The SMILES string of the molecule is c1ccc(-n2c3ccccc3c3cc(-c4cccc(Nc5ccc(C(c6ccccc6)(c6ccccc6)c6ccccc6)cc5)c4)ccc32)cc1. The molecule has 0 atom stereocenters. The number of nitrogens with one attached hydrogen (secondary N) is 1. The first-order valence-electron chi connectivity index (χ1n) is 17.5. The fourth-order valence-electron chi connectivity index (χ4n) is 7.82. The molecule has 0 bridgehead atoms. The number of anilines is 2. The van der Waals surface area contributed by atoms with Crippen LogP contribution in [0.3, 0.4) is 0 Å². The first-order valence-corrected chi connectivity index (χ1v) is 17.5. The zero-order chi connectivity index (χ0) is 34.0. The third kappa shape index (κ3) is 5.39. The third-order valence-corrected chi connectivity index (χ3v) is 10.1. The summed E-state index contributed by atoms with van der Waals surface area (Å²) in [4.78, 5) is 0. The highest BCUT2D eigenvalue weighted by molar-refractivity contribution is 6.10. The highest BCUT2D eigenvalue weighted by Crippen LogP contribution is 2.45. The normalized spacial score (nSPS) is 11.5. The number of hydrogen-bond acceptors (Lipinski definition) is 1. The Bertz CT molecular complexity index is 2470. The highest BCUT2D eigenvalue weighted by Gasteiger charge is 2.38. The lowest BCUT2D eigenvalue weighted by Crippen LogP contribution is -2.30. The molecule has 2 heteroatoms. The lowest BCUT2D eigenvalue weighted by Gasteiger charge is -2.37. The van der Waals surface area contributed by atoms with Gasteiger partial charge in [0.1, 0.15) is 0 Å². The van der Waals surface area contributed by atoms with E-state index < -0.39 is 5.41 Å². The topological polar surface area (TPSA) is 17.0 Å². The standard InChI is InChI=1S/C49H36N2/c1-5-17-38(18-6-1)49(39-19-7-2-8-20-39,40-21-9-3-10-22-40)41-29-31-42(32-30-41)50-43-23-15-16-36(34-43)37-28-33-48-46(35-37)45-26-13-14-27-47(45)51(48)44-24-11-4-12-25-44/h1-35,50H. The fourth-order valence-corrected chi connectivity index (χ4v) is 7.82. The monoisotopic (exact) mass is 652 g/mol. The lowest BCUT2D eigenvalue weighted by atomic mass is 9.65. The van der Waals surface area contributed by atoms with Crippen LogP contribution in [0.4, 0.5) is 11.4 Å². The molecule has 0 saturated heterocycles. The van der Waals surface area contributed by atoms with Crippen LogP contribution < -0.4 is 5.32 Å². The largest absolute Gasteiger partial charge is 0.356 e. The summed E-state index contributed by atoms with van der Waals surface area (Å²) in [7, 11) is 0. The van der Waals surface area contributed by atoms with Crippen molar-refractivity contribution >= 4 is 33.2 Å². The van der Waals surface area contributed by atoms with Gasteiger partial charge in [-0.2, -0.15) is 0 Å². The molecule has 1 N–H and O–H groups in total. The molecular weight excluding hydrogens is 617 g/mol. The summed E-state index contributed by atoms with van der Waals surface area (Å²) < 4.78 is 2.36. The minimum Gasteiger partial charge on any atom is -0.356 e. The van der Waals surface area contributed by atoms with Crippen molar-refractivity contribution in [1.29, 1.82) is 0 Å². The van der Waals surface area contributed by atoms with E-state index in [1.54, 1.807) is 0 Å². The molecule has 9 aromatic rings. The van der Waals surface area contributed by atoms with Gasteiger partial charge in [0.2, 0.25) is 0 Å². The molecule has 0 saturated carbocycles. The van der Waals surface area contributed by atoms with Crippen molar-refractivity contribution in [3.63, 3.8) is 0 Å². The van der Waals surface area contributed by atoms with Gasteiger partial charge >= 0.3 is 0 Å². The predicted molar refractivity (Wildman–Crippen MR) is 214 cm³/mol. The first-order chi connectivity index (χ1) is 25.3. The smallest absolute Gasteiger partial charge is 0.0701 e. The number of fused-ring (bicyclic) bond motifs is 3. The van der Waals surface area contributed by atoms with Crippen LogP contribution in [0.2, 0.25) is 0 Å². The number of hydrogen-bond donors (Lipinski definition) is 1. The van der Waals surface area contributed by atoms with E-state index in [-0.39, 0.29) is 0 Å². The number of rotatable bonds is 8. The third-order valence-electron chi connectivity index (χ3n) is 10.1. The van der Waals surface area contributed by atoms with Crippen LogP contribution in [0.5, 0.6) is 0 Å². The van der Waals surface area contributed by atoms with Gasteiger partial charge in [-0.1, -0.05) is 158 Å². The van der Waals surface area contributed by atoms with E-state index in [2.05, 4.69) is 222 Å². The Morgan fingerprint density at radius 3 is 1.47 bits per heavy atom. The van der Waals surface area contributed by atoms with E-state index in [1.165, 1.54) is 60.9 Å². The molecule has 0 radical (unpaired) electrons. The summed E-state index contributed by atoms with van der Waals surface area (Å²) in [6.07, 6.45) is 0. The van der Waals surface area contributed by atoms with Crippen LogP contribution in [-0.2, 0) is 5.41 Å². The second kappa shape index (κ2) is 13.0. The molecule has 1 aromatic heterocycles. The van der Waals surface area contributed by atoms with E-state index in [4.69, 9.17) is 0 Å². The van der Waals surface area contributed by atoms with Crippen molar-refractivity contribution in [2.24, 2.45) is 0 Å². The van der Waals surface area contributed by atoms with Crippen LogP contribution >= 0.6 is 0 Å². The lowest BCUT2D eigenvalue weighted by molar-refractivity contribution is 0.745. The van der Waals surface area contributed by atoms with Crippen molar-refractivity contribution < 1.29 is 0 Å². The van der Waals surface area contributed by atoms with Crippen molar-refractivity contribution in [2.75, 3.05) is 5.32 Å². The fraction of sp³-hybridized carbons (Fsp3) is 0.0204. The molecular formula is C49H36N2. The molecule has 51 heavy (non-hydrogen) atoms. The summed E-state index contributed by atoms with van der Waals surface area (Å²) >= 11 is 0. The van der Waals surface area contributed by atoms with Gasteiger partial charge in [-0.05, 0) is 88.0 Å². The second-order valence-electron chi connectivity index (χ2n) is 13.1. The van der Waals surface area contributed by atoms with Gasteiger partial charge < -0.3 is 9.88 Å². The first kappa shape index (κ1) is 30.4. The Balaban J connectivity index is 1.08. The van der Waals surface area contributed by atoms with Gasteiger partial charge in [0.25, 0.3) is 0 Å². The van der Waals surface area contributed by atoms with Crippen LogP contribution in [0.25, 0.3) is 38.6 Å². The van der Waals surface area contributed by atoms with Gasteiger partial charge in [0, 0.05) is 27.8 Å². The molecule has 1 heterocycles. The van der Waals surface area contributed by atoms with Crippen molar-refractivity contribution in [2.45, 2.75) is 5.41 Å². The van der Waals surface area contributed by atoms with Gasteiger partial charge in [-0.25, -0.2) is 0 Å². The predicted octanol–water partition coefficient (Wildman–Crippen LogP) is 12.6. The summed E-state index contributed by atoms with van der Waals surface area (Å²) in [5, 5.41) is 6.20. The molecule has 242 valence electrons. The molecule has 2 nitrogen and oxygen atoms in total. The van der Waals surface area contributed by atoms with E-state index >= 15 is 0 Å². The number of benzene rings is 8. The second-order valence-corrected chi connectivity index (χ2v) is 13.1. The molecule has 0 aliphatic carbocycles. The van der Waals surface area contributed by atoms with Gasteiger partial charge in [0.05, 0.1) is 16.4 Å². The summed E-state index contributed by atoms with van der Waals surface area (Å²) in [6.45, 7) is 0. The maximum atomic E-state index is 3.70. The van der Waals surface area contributed by atoms with Crippen molar-refractivity contribution in [1.82, 2.24) is 4.57 Å². The van der Waals surface area contributed by atoms with E-state index in [1.807, 2.05) is 0 Å². The minimum absolute atomic E-state index is 0.468. The molecule has 0 spiro atoms. The molecule has 0 fully saturated rings. The van der Waals surface area contributed by atoms with Crippen LogP contribution in [0.15, 0.2) is 212 Å². The number of nitrogens with zero attached hydrogens (tertiary/aromatic N) is 1. The number of aromatic nitrogens is 1. The Morgan fingerprint density at radius 2 is 0.843 bits per heavy atom. The minimum atomic E-state index is -0.468. The Hall–Kier alpha value is -6.64. The summed E-state index contributed by atoms with van der Waals surface area (Å²) in [6, 6.07) is 76.4. The van der Waals surface area contributed by atoms with Gasteiger partial charge in [-0.15, -0.1) is 0 Å². The average molecular weight is 653 g/mol. The Morgan fingerprint density at radius 1 is 0.333 bits per heavy atom.